The fraction of sp³-hybridized carbons (Fsp3) is 0.0192. The number of benzene rings is 8. The van der Waals surface area contributed by atoms with E-state index in [1.807, 2.05) is 24.3 Å². The molecule has 4 nitrogen and oxygen atoms in total. The van der Waals surface area contributed by atoms with Gasteiger partial charge in [-0.2, -0.15) is 0 Å². The van der Waals surface area contributed by atoms with Crippen LogP contribution < -0.4 is 4.90 Å². The summed E-state index contributed by atoms with van der Waals surface area (Å²) in [5, 5.41) is 0. The molecule has 1 aliphatic carbocycles. The Labute approximate surface area is 326 Å². The van der Waals surface area contributed by atoms with Gasteiger partial charge in [-0.15, -0.1) is 0 Å². The molecule has 0 saturated carbocycles. The van der Waals surface area contributed by atoms with Crippen LogP contribution in [-0.2, 0) is 5.41 Å². The Balaban J connectivity index is 1.19. The molecule has 8 aromatic carbocycles. The molecule has 0 fully saturated rings. The summed E-state index contributed by atoms with van der Waals surface area (Å²) in [4.78, 5) is 18.0. The summed E-state index contributed by atoms with van der Waals surface area (Å²) in [6, 6.07) is 73.3. The molecule has 1 aliphatic heterocycles. The summed E-state index contributed by atoms with van der Waals surface area (Å²) in [5.74, 6) is 1.89. The van der Waals surface area contributed by atoms with E-state index in [1.54, 1.807) is 0 Å². The number of aromatic nitrogens is 3. The number of anilines is 3. The molecule has 0 atom stereocenters. The molecule has 0 amide bonds. The fourth-order valence-corrected chi connectivity index (χ4v) is 8.92. The summed E-state index contributed by atoms with van der Waals surface area (Å²) < 4.78 is 0. The van der Waals surface area contributed by atoms with Gasteiger partial charge in [-0.1, -0.05) is 164 Å². The molecule has 11 rings (SSSR count). The average Bonchev–Trinajstić information content (AvgIpc) is 3.58. The molecule has 0 bridgehead atoms. The molecule has 1 aromatic heterocycles. The lowest BCUT2D eigenvalue weighted by molar-refractivity contribution is 0.753. The summed E-state index contributed by atoms with van der Waals surface area (Å²) in [7, 11) is 0. The lowest BCUT2D eigenvalue weighted by Crippen LogP contribution is -2.36. The molecule has 1 spiro atoms. The first-order valence-corrected chi connectivity index (χ1v) is 19.0. The topological polar surface area (TPSA) is 41.9 Å². The van der Waals surface area contributed by atoms with Crippen molar-refractivity contribution in [2.75, 3.05) is 4.90 Å². The molecule has 4 heteroatoms. The van der Waals surface area contributed by atoms with Gasteiger partial charge in [0.15, 0.2) is 17.5 Å². The van der Waals surface area contributed by atoms with Crippen LogP contribution >= 0.6 is 0 Å². The highest BCUT2D eigenvalue weighted by molar-refractivity contribution is 5.96. The monoisotopic (exact) mass is 714 g/mol. The zero-order valence-corrected chi connectivity index (χ0v) is 30.4. The maximum Gasteiger partial charge on any atom is 0.164 e. The van der Waals surface area contributed by atoms with Gasteiger partial charge >= 0.3 is 0 Å². The normalized spacial score (nSPS) is 13.1. The number of fused-ring (bicyclic) bond motifs is 9. The molecule has 262 valence electrons. The number of para-hydroxylation sites is 2. The second kappa shape index (κ2) is 12.9. The molecule has 0 radical (unpaired) electrons. The number of rotatable bonds is 5. The lowest BCUT2D eigenvalue weighted by atomic mass is 9.64. The van der Waals surface area contributed by atoms with E-state index in [0.717, 1.165) is 44.9 Å². The van der Waals surface area contributed by atoms with Crippen molar-refractivity contribution in [1.29, 1.82) is 0 Å². The van der Waals surface area contributed by atoms with Gasteiger partial charge in [0.2, 0.25) is 0 Å². The second-order valence-electron chi connectivity index (χ2n) is 14.4. The van der Waals surface area contributed by atoms with E-state index in [2.05, 4.69) is 187 Å². The van der Waals surface area contributed by atoms with Crippen LogP contribution in [-0.4, -0.2) is 15.0 Å². The summed E-state index contributed by atoms with van der Waals surface area (Å²) >= 11 is 0. The van der Waals surface area contributed by atoms with Crippen molar-refractivity contribution in [3.05, 3.63) is 229 Å². The minimum atomic E-state index is -0.581. The zero-order chi connectivity index (χ0) is 37.1. The lowest BCUT2D eigenvalue weighted by Gasteiger charge is -2.45. The Morgan fingerprint density at radius 3 is 1.43 bits per heavy atom. The van der Waals surface area contributed by atoms with Crippen LogP contribution in [0.25, 0.3) is 56.4 Å². The Morgan fingerprint density at radius 1 is 0.304 bits per heavy atom. The van der Waals surface area contributed by atoms with Gasteiger partial charge in [-0.3, -0.25) is 0 Å². The largest absolute Gasteiger partial charge is 0.310 e. The fourth-order valence-electron chi connectivity index (χ4n) is 8.92. The zero-order valence-electron chi connectivity index (χ0n) is 30.4. The van der Waals surface area contributed by atoms with E-state index in [0.29, 0.717) is 17.5 Å². The molecule has 2 aliphatic rings. The second-order valence-corrected chi connectivity index (χ2v) is 14.4. The van der Waals surface area contributed by atoms with E-state index in [4.69, 9.17) is 15.0 Å². The molecule has 2 heterocycles. The Kier molecular flexibility index (Phi) is 7.36. The van der Waals surface area contributed by atoms with Gasteiger partial charge in [-0.05, 0) is 87.0 Å². The number of hydrogen-bond donors (Lipinski definition) is 0. The summed E-state index contributed by atoms with van der Waals surface area (Å²) in [5.41, 5.74) is 15.4. The van der Waals surface area contributed by atoms with Crippen LogP contribution in [0.5, 0.6) is 0 Å². The van der Waals surface area contributed by atoms with Crippen LogP contribution in [0.2, 0.25) is 0 Å². The molecule has 9 aromatic rings. The minimum absolute atomic E-state index is 0.581. The maximum absolute atomic E-state index is 5.27. The van der Waals surface area contributed by atoms with Crippen molar-refractivity contribution >= 4 is 17.1 Å². The maximum atomic E-state index is 5.27. The van der Waals surface area contributed by atoms with Gasteiger partial charge < -0.3 is 4.90 Å². The van der Waals surface area contributed by atoms with E-state index in [-0.39, 0.29) is 0 Å². The first-order valence-electron chi connectivity index (χ1n) is 19.0. The smallest absolute Gasteiger partial charge is 0.164 e. The average molecular weight is 715 g/mol. The van der Waals surface area contributed by atoms with Crippen LogP contribution in [0.1, 0.15) is 22.3 Å². The third kappa shape index (κ3) is 4.89. The Bertz CT molecular complexity index is 2880. The van der Waals surface area contributed by atoms with Crippen molar-refractivity contribution in [1.82, 2.24) is 15.0 Å². The Hall–Kier alpha value is -7.43. The van der Waals surface area contributed by atoms with Crippen molar-refractivity contribution in [3.8, 4) is 56.4 Å². The van der Waals surface area contributed by atoms with E-state index >= 15 is 0 Å². The van der Waals surface area contributed by atoms with E-state index < -0.39 is 5.41 Å². The van der Waals surface area contributed by atoms with Crippen LogP contribution in [0.4, 0.5) is 17.1 Å². The van der Waals surface area contributed by atoms with Gasteiger partial charge in [-0.25, -0.2) is 15.0 Å². The third-order valence-corrected chi connectivity index (χ3v) is 11.3. The highest BCUT2D eigenvalue weighted by Gasteiger charge is 2.51. The predicted molar refractivity (Wildman–Crippen MR) is 227 cm³/mol. The van der Waals surface area contributed by atoms with Gasteiger partial charge in [0, 0.05) is 22.4 Å². The van der Waals surface area contributed by atoms with Gasteiger partial charge in [0.05, 0.1) is 16.8 Å². The van der Waals surface area contributed by atoms with Crippen molar-refractivity contribution < 1.29 is 0 Å². The molecule has 0 unspecified atom stereocenters. The van der Waals surface area contributed by atoms with Crippen LogP contribution in [0.3, 0.4) is 0 Å². The predicted octanol–water partition coefficient (Wildman–Crippen LogP) is 12.7. The van der Waals surface area contributed by atoms with Crippen molar-refractivity contribution in [2.45, 2.75) is 5.41 Å². The van der Waals surface area contributed by atoms with Crippen LogP contribution in [0, 0.1) is 0 Å². The molecule has 56 heavy (non-hydrogen) atoms. The number of nitrogens with zero attached hydrogens (tertiary/aromatic N) is 4. The van der Waals surface area contributed by atoms with Crippen LogP contribution in [0.15, 0.2) is 206 Å². The van der Waals surface area contributed by atoms with E-state index in [1.165, 1.54) is 33.4 Å². The van der Waals surface area contributed by atoms with E-state index in [9.17, 15) is 0 Å². The SMILES string of the molecule is c1ccc(-c2cccc(-c3nc(-c4ccccc4)nc(-c4ccc5c(c4)C4(c6ccccc6-c6ccccc64)c4ccccc4N5c4ccccc4)n3)c2)cc1. The van der Waals surface area contributed by atoms with Crippen molar-refractivity contribution in [2.24, 2.45) is 0 Å². The summed E-state index contributed by atoms with van der Waals surface area (Å²) in [6.07, 6.45) is 0. The molecular weight excluding hydrogens is 681 g/mol. The molecule has 0 saturated heterocycles. The standard InChI is InChI=1S/C52H34N4/c1-4-17-35(18-5-1)37-21-16-22-38(33-37)50-53-49(36-19-6-2-7-20-36)54-51(55-50)39-31-32-48-46(34-39)52(43-27-12-10-25-41(43)42-26-11-13-28-44(42)52)45-29-14-15-30-47(45)56(48)40-23-8-3-9-24-40/h1-34H. The van der Waals surface area contributed by atoms with Gasteiger partial charge in [0.25, 0.3) is 0 Å². The minimum Gasteiger partial charge on any atom is -0.310 e. The quantitative estimate of drug-likeness (QED) is 0.178. The molecule has 0 N–H and O–H groups in total. The highest BCUT2D eigenvalue weighted by atomic mass is 15.2. The highest BCUT2D eigenvalue weighted by Crippen LogP contribution is 2.63. The number of hydrogen-bond acceptors (Lipinski definition) is 4. The summed E-state index contributed by atoms with van der Waals surface area (Å²) in [6.45, 7) is 0. The first kappa shape index (κ1) is 32.0. The van der Waals surface area contributed by atoms with Crippen molar-refractivity contribution in [3.63, 3.8) is 0 Å². The Morgan fingerprint density at radius 2 is 0.768 bits per heavy atom. The molecular formula is C52H34N4. The van der Waals surface area contributed by atoms with Gasteiger partial charge in [0.1, 0.15) is 0 Å². The third-order valence-electron chi connectivity index (χ3n) is 11.3. The first-order chi connectivity index (χ1) is 27.8.